The maximum Gasteiger partial charge on any atom is 0.229 e. The van der Waals surface area contributed by atoms with Crippen LogP contribution in [0.3, 0.4) is 0 Å². The van der Waals surface area contributed by atoms with E-state index < -0.39 is 0 Å². The Balaban J connectivity index is 1.64. The molecule has 22 heavy (non-hydrogen) atoms. The molecule has 0 saturated heterocycles. The van der Waals surface area contributed by atoms with E-state index in [-0.39, 0.29) is 17.4 Å². The summed E-state index contributed by atoms with van der Waals surface area (Å²) in [5.41, 5.74) is 8.23. The van der Waals surface area contributed by atoms with Crippen molar-refractivity contribution in [1.29, 1.82) is 0 Å². The molecule has 6 nitrogen and oxygen atoms in total. The lowest BCUT2D eigenvalue weighted by molar-refractivity contribution is -0.123. The van der Waals surface area contributed by atoms with E-state index >= 15 is 0 Å². The predicted octanol–water partition coefficient (Wildman–Crippen LogP) is 1.40. The van der Waals surface area contributed by atoms with Gasteiger partial charge in [-0.1, -0.05) is 30.9 Å². The van der Waals surface area contributed by atoms with E-state index in [0.717, 1.165) is 43.5 Å². The number of nitrogens with one attached hydrogen (secondary N) is 1. The second kappa shape index (κ2) is 6.36. The summed E-state index contributed by atoms with van der Waals surface area (Å²) in [7, 11) is 1.87. The van der Waals surface area contributed by atoms with Crippen molar-refractivity contribution in [3.63, 3.8) is 0 Å². The minimum absolute atomic E-state index is 0.0837. The van der Waals surface area contributed by atoms with Crippen molar-refractivity contribution in [2.45, 2.75) is 69.2 Å². The number of fused-ring (bicyclic) bond motifs is 1. The minimum Gasteiger partial charge on any atom is -0.354 e. The molecule has 122 valence electrons. The fourth-order valence-corrected chi connectivity index (χ4v) is 3.87. The number of aromatic nitrogens is 3. The maximum atomic E-state index is 12.6. The zero-order chi connectivity index (χ0) is 15.6. The van der Waals surface area contributed by atoms with E-state index in [1.165, 1.54) is 25.7 Å². The highest BCUT2D eigenvalue weighted by atomic mass is 16.1. The summed E-state index contributed by atoms with van der Waals surface area (Å²) in [6, 6.07) is 0. The van der Waals surface area contributed by atoms with Crippen LogP contribution in [0.5, 0.6) is 0 Å². The number of hydrogen-bond acceptors (Lipinski definition) is 4. The average Bonchev–Trinajstić information content (AvgIpc) is 2.76. The molecule has 3 rings (SSSR count). The molecule has 1 fully saturated rings. The third kappa shape index (κ3) is 3.16. The lowest BCUT2D eigenvalue weighted by Gasteiger charge is -2.30. The van der Waals surface area contributed by atoms with Gasteiger partial charge in [0.2, 0.25) is 5.91 Å². The first-order valence-electron chi connectivity index (χ1n) is 8.54. The number of carbonyl (C=O) groups excluding carboxylic acids is 1. The first-order valence-corrected chi connectivity index (χ1v) is 8.54. The number of nitrogens with zero attached hydrogens (tertiary/aromatic N) is 3. The first kappa shape index (κ1) is 15.5. The Morgan fingerprint density at radius 3 is 2.77 bits per heavy atom. The van der Waals surface area contributed by atoms with E-state index in [9.17, 15) is 4.79 Å². The molecule has 1 atom stereocenters. The topological polar surface area (TPSA) is 85.8 Å². The molecule has 0 spiro atoms. The number of carbonyl (C=O) groups is 1. The van der Waals surface area contributed by atoms with Crippen LogP contribution in [0.15, 0.2) is 0 Å². The smallest absolute Gasteiger partial charge is 0.229 e. The summed E-state index contributed by atoms with van der Waals surface area (Å²) in [5.74, 6) is -0.0430. The predicted molar refractivity (Wildman–Crippen MR) is 84.3 cm³/mol. The summed E-state index contributed by atoms with van der Waals surface area (Å²) in [5, 5.41) is 11.4. The minimum atomic E-state index is -0.228. The molecule has 1 saturated carbocycles. The van der Waals surface area contributed by atoms with E-state index in [1.807, 2.05) is 7.05 Å². The molecule has 0 radical (unpaired) electrons. The van der Waals surface area contributed by atoms with Gasteiger partial charge in [0.1, 0.15) is 0 Å². The number of rotatable bonds is 3. The summed E-state index contributed by atoms with van der Waals surface area (Å²) in [6.45, 7) is 0.586. The Labute approximate surface area is 131 Å². The molecule has 3 N–H and O–H groups in total. The molecule has 1 amide bonds. The molecular formula is C16H27N5O. The molecule has 6 heteroatoms. The van der Waals surface area contributed by atoms with Crippen molar-refractivity contribution in [2.75, 3.05) is 6.54 Å². The van der Waals surface area contributed by atoms with Crippen LogP contribution in [0.2, 0.25) is 0 Å². The molecule has 0 bridgehead atoms. The van der Waals surface area contributed by atoms with Gasteiger partial charge >= 0.3 is 0 Å². The average molecular weight is 305 g/mol. The summed E-state index contributed by atoms with van der Waals surface area (Å²) >= 11 is 0. The van der Waals surface area contributed by atoms with Crippen LogP contribution in [0.25, 0.3) is 0 Å². The number of amides is 1. The Hall–Kier alpha value is -1.43. The van der Waals surface area contributed by atoms with E-state index in [2.05, 4.69) is 15.6 Å². The standard InChI is InChI=1S/C16H27N5O/c1-21-14-12(7-6-8-13(14)19-20-21)15(22)18-11-16(17)9-4-2-3-5-10-16/h12H,2-11,17H2,1H3,(H,18,22)/t12-/m1/s1. The number of nitrogens with two attached hydrogens (primary N) is 1. The van der Waals surface area contributed by atoms with Gasteiger partial charge < -0.3 is 11.1 Å². The molecule has 0 aliphatic heterocycles. The molecule has 2 aliphatic rings. The highest BCUT2D eigenvalue weighted by Gasteiger charge is 2.33. The van der Waals surface area contributed by atoms with Gasteiger partial charge in [-0.25, -0.2) is 0 Å². The number of hydrogen-bond donors (Lipinski definition) is 2. The van der Waals surface area contributed by atoms with Gasteiger partial charge in [-0.2, -0.15) is 0 Å². The second-order valence-corrected chi connectivity index (χ2v) is 6.98. The SMILES string of the molecule is Cn1nnc2c1[C@H](C(=O)NCC1(N)CCCCCC1)CCC2. The normalized spacial score (nSPS) is 24.4. The van der Waals surface area contributed by atoms with Gasteiger partial charge in [0.25, 0.3) is 0 Å². The zero-order valence-electron chi connectivity index (χ0n) is 13.5. The molecule has 0 unspecified atom stereocenters. The van der Waals surface area contributed by atoms with Crippen molar-refractivity contribution in [3.05, 3.63) is 11.4 Å². The van der Waals surface area contributed by atoms with Crippen LogP contribution in [-0.4, -0.2) is 33.0 Å². The largest absolute Gasteiger partial charge is 0.354 e. The monoisotopic (exact) mass is 305 g/mol. The van der Waals surface area contributed by atoms with Gasteiger partial charge in [-0.15, -0.1) is 5.10 Å². The number of aryl methyl sites for hydroxylation is 2. The Morgan fingerprint density at radius 1 is 1.32 bits per heavy atom. The van der Waals surface area contributed by atoms with Crippen molar-refractivity contribution in [1.82, 2.24) is 20.3 Å². The molecule has 1 aromatic rings. The molecule has 0 aromatic carbocycles. The lowest BCUT2D eigenvalue weighted by Crippen LogP contribution is -2.50. The lowest BCUT2D eigenvalue weighted by atomic mass is 9.87. The van der Waals surface area contributed by atoms with Crippen molar-refractivity contribution in [2.24, 2.45) is 12.8 Å². The Morgan fingerprint density at radius 2 is 2.05 bits per heavy atom. The van der Waals surface area contributed by atoms with E-state index in [0.29, 0.717) is 6.54 Å². The molecule has 2 aliphatic carbocycles. The fraction of sp³-hybridized carbons (Fsp3) is 0.812. The van der Waals surface area contributed by atoms with Crippen LogP contribution in [0.1, 0.15) is 68.7 Å². The summed E-state index contributed by atoms with van der Waals surface area (Å²) in [6.07, 6.45) is 9.69. The van der Waals surface area contributed by atoms with Crippen molar-refractivity contribution < 1.29 is 4.79 Å². The third-order valence-electron chi connectivity index (χ3n) is 5.21. The maximum absolute atomic E-state index is 12.6. The van der Waals surface area contributed by atoms with Gasteiger partial charge in [0, 0.05) is 19.1 Å². The highest BCUT2D eigenvalue weighted by Crippen LogP contribution is 2.30. The fourth-order valence-electron chi connectivity index (χ4n) is 3.87. The first-order chi connectivity index (χ1) is 10.6. The van der Waals surface area contributed by atoms with Gasteiger partial charge in [0.05, 0.1) is 17.3 Å². The zero-order valence-corrected chi connectivity index (χ0v) is 13.5. The highest BCUT2D eigenvalue weighted by molar-refractivity contribution is 5.83. The van der Waals surface area contributed by atoms with Crippen LogP contribution < -0.4 is 11.1 Å². The summed E-state index contributed by atoms with van der Waals surface area (Å²) in [4.78, 5) is 12.6. The quantitative estimate of drug-likeness (QED) is 0.827. The third-order valence-corrected chi connectivity index (χ3v) is 5.21. The van der Waals surface area contributed by atoms with E-state index in [1.54, 1.807) is 4.68 Å². The van der Waals surface area contributed by atoms with Crippen LogP contribution >= 0.6 is 0 Å². The Bertz CT molecular complexity index is 531. The molecular weight excluding hydrogens is 278 g/mol. The van der Waals surface area contributed by atoms with Crippen molar-refractivity contribution in [3.8, 4) is 0 Å². The van der Waals surface area contributed by atoms with Crippen molar-refractivity contribution >= 4 is 5.91 Å². The van der Waals surface area contributed by atoms with Crippen LogP contribution in [-0.2, 0) is 18.3 Å². The van der Waals surface area contributed by atoms with Gasteiger partial charge in [-0.3, -0.25) is 9.48 Å². The summed E-state index contributed by atoms with van der Waals surface area (Å²) < 4.78 is 1.75. The van der Waals surface area contributed by atoms with Crippen LogP contribution in [0.4, 0.5) is 0 Å². The van der Waals surface area contributed by atoms with E-state index in [4.69, 9.17) is 5.73 Å². The van der Waals surface area contributed by atoms with Gasteiger partial charge in [0.15, 0.2) is 0 Å². The molecule has 1 heterocycles. The van der Waals surface area contributed by atoms with Gasteiger partial charge in [-0.05, 0) is 32.1 Å². The Kier molecular flexibility index (Phi) is 4.47. The second-order valence-electron chi connectivity index (χ2n) is 6.98. The van der Waals surface area contributed by atoms with Crippen LogP contribution in [0, 0.1) is 0 Å². The molecule has 1 aromatic heterocycles.